The van der Waals surface area contributed by atoms with Gasteiger partial charge < -0.3 is 9.47 Å². The minimum absolute atomic E-state index is 0.0162. The monoisotopic (exact) mass is 288 g/mol. The van der Waals surface area contributed by atoms with Gasteiger partial charge in [0.05, 0.1) is 0 Å². The maximum absolute atomic E-state index is 11.8. The summed E-state index contributed by atoms with van der Waals surface area (Å²) in [5, 5.41) is 0. The van der Waals surface area contributed by atoms with Gasteiger partial charge in [0.2, 0.25) is 0 Å². The Bertz CT molecular complexity index is 559. The lowest BCUT2D eigenvalue weighted by atomic mass is 9.82. The molecule has 1 aliphatic heterocycles. The van der Waals surface area contributed by atoms with Crippen molar-refractivity contribution >= 4 is 11.9 Å². The molecule has 3 unspecified atom stereocenters. The van der Waals surface area contributed by atoms with E-state index in [0.29, 0.717) is 12.0 Å². The maximum atomic E-state index is 11.8. The molecule has 3 fully saturated rings. The highest BCUT2D eigenvalue weighted by Crippen LogP contribution is 2.52. The summed E-state index contributed by atoms with van der Waals surface area (Å²) in [6.45, 7) is 13.6. The Hall–Kier alpha value is -1.84. The van der Waals surface area contributed by atoms with Gasteiger partial charge in [-0.2, -0.15) is 0 Å². The van der Waals surface area contributed by atoms with Crippen molar-refractivity contribution in [3.05, 3.63) is 36.5 Å². The van der Waals surface area contributed by atoms with Crippen molar-refractivity contribution in [3.63, 3.8) is 0 Å². The van der Waals surface area contributed by atoms with E-state index in [-0.39, 0.29) is 41.9 Å². The van der Waals surface area contributed by atoms with Gasteiger partial charge in [0.1, 0.15) is 12.2 Å². The number of carbonyl (C=O) groups is 2. The first-order valence-corrected chi connectivity index (χ1v) is 7.33. The summed E-state index contributed by atoms with van der Waals surface area (Å²) in [5.41, 5.74) is 2.53. The molecule has 0 aromatic rings. The Labute approximate surface area is 124 Å². The fourth-order valence-electron chi connectivity index (χ4n) is 4.01. The molecule has 2 saturated carbocycles. The second kappa shape index (κ2) is 4.86. The minimum atomic E-state index is -0.312. The molecule has 5 atom stereocenters. The van der Waals surface area contributed by atoms with Crippen LogP contribution in [0.25, 0.3) is 0 Å². The van der Waals surface area contributed by atoms with Crippen molar-refractivity contribution in [1.82, 2.24) is 0 Å². The van der Waals surface area contributed by atoms with Crippen molar-refractivity contribution in [1.29, 1.82) is 0 Å². The van der Waals surface area contributed by atoms with E-state index in [0.717, 1.165) is 24.0 Å². The van der Waals surface area contributed by atoms with E-state index in [1.165, 1.54) is 6.92 Å². The van der Waals surface area contributed by atoms with Crippen molar-refractivity contribution < 1.29 is 19.1 Å². The summed E-state index contributed by atoms with van der Waals surface area (Å²) >= 11 is 0. The van der Waals surface area contributed by atoms with Crippen molar-refractivity contribution in [2.24, 2.45) is 17.8 Å². The number of allylic oxidation sites excluding steroid dienone is 1. The van der Waals surface area contributed by atoms with Gasteiger partial charge in [0.15, 0.2) is 0 Å². The molecule has 1 heterocycles. The predicted octanol–water partition coefficient (Wildman–Crippen LogP) is 2.56. The summed E-state index contributed by atoms with van der Waals surface area (Å²) in [5.74, 6) is -0.447. The molecular formula is C17H20O4. The Balaban J connectivity index is 1.93. The first-order valence-electron chi connectivity index (χ1n) is 7.33. The third-order valence-corrected chi connectivity index (χ3v) is 5.06. The van der Waals surface area contributed by atoms with Gasteiger partial charge >= 0.3 is 11.9 Å². The van der Waals surface area contributed by atoms with Gasteiger partial charge in [-0.3, -0.25) is 4.79 Å². The molecule has 0 amide bonds. The molecule has 1 saturated heterocycles. The second-order valence-corrected chi connectivity index (χ2v) is 6.24. The van der Waals surface area contributed by atoms with E-state index < -0.39 is 0 Å². The van der Waals surface area contributed by atoms with E-state index in [1.807, 2.05) is 0 Å². The maximum Gasteiger partial charge on any atom is 0.334 e. The largest absolute Gasteiger partial charge is 0.458 e. The molecule has 0 aromatic heterocycles. The lowest BCUT2D eigenvalue weighted by Gasteiger charge is -2.26. The molecule has 0 N–H and O–H groups in total. The van der Waals surface area contributed by atoms with Crippen LogP contribution in [-0.2, 0) is 19.1 Å². The van der Waals surface area contributed by atoms with E-state index >= 15 is 0 Å². The molecule has 3 aliphatic rings. The number of esters is 2. The zero-order chi connectivity index (χ0) is 15.3. The summed E-state index contributed by atoms with van der Waals surface area (Å²) < 4.78 is 10.9. The molecular weight excluding hydrogens is 268 g/mol. The molecule has 21 heavy (non-hydrogen) atoms. The van der Waals surface area contributed by atoms with Gasteiger partial charge in [0.25, 0.3) is 0 Å². The van der Waals surface area contributed by atoms with Gasteiger partial charge in [-0.05, 0) is 30.8 Å². The van der Waals surface area contributed by atoms with E-state index in [1.54, 1.807) is 0 Å². The first kappa shape index (κ1) is 14.1. The van der Waals surface area contributed by atoms with Crippen molar-refractivity contribution in [2.45, 2.75) is 38.4 Å². The van der Waals surface area contributed by atoms with Gasteiger partial charge in [-0.25, -0.2) is 4.79 Å². The third kappa shape index (κ3) is 2.13. The molecule has 4 heteroatoms. The lowest BCUT2D eigenvalue weighted by molar-refractivity contribution is -0.145. The van der Waals surface area contributed by atoms with Crippen LogP contribution in [0.15, 0.2) is 36.5 Å². The predicted molar refractivity (Wildman–Crippen MR) is 77.2 cm³/mol. The van der Waals surface area contributed by atoms with Crippen LogP contribution in [0.4, 0.5) is 0 Å². The lowest BCUT2D eigenvalue weighted by Crippen LogP contribution is -2.29. The zero-order valence-corrected chi connectivity index (χ0v) is 12.3. The Morgan fingerprint density at radius 3 is 2.67 bits per heavy atom. The summed E-state index contributed by atoms with van der Waals surface area (Å²) in [7, 11) is 0. The average Bonchev–Trinajstić information content (AvgIpc) is 2.81. The minimum Gasteiger partial charge on any atom is -0.458 e. The molecule has 4 nitrogen and oxygen atoms in total. The average molecular weight is 288 g/mol. The Morgan fingerprint density at radius 2 is 2.00 bits per heavy atom. The molecule has 2 aliphatic carbocycles. The van der Waals surface area contributed by atoms with Crippen LogP contribution in [0.3, 0.4) is 0 Å². The van der Waals surface area contributed by atoms with E-state index in [2.05, 4.69) is 19.7 Å². The molecule has 0 aromatic carbocycles. The number of hydrogen-bond acceptors (Lipinski definition) is 4. The highest BCUT2D eigenvalue weighted by Gasteiger charge is 2.53. The smallest absolute Gasteiger partial charge is 0.334 e. The van der Waals surface area contributed by atoms with Gasteiger partial charge in [-0.15, -0.1) is 0 Å². The summed E-state index contributed by atoms with van der Waals surface area (Å²) in [6.07, 6.45) is 1.84. The normalized spacial score (nSPS) is 38.6. The number of hydrogen-bond donors (Lipinski definition) is 0. The molecule has 112 valence electrons. The third-order valence-electron chi connectivity index (χ3n) is 5.06. The van der Waals surface area contributed by atoms with Gasteiger partial charge in [-0.1, -0.05) is 25.3 Å². The summed E-state index contributed by atoms with van der Waals surface area (Å²) in [6, 6.07) is 0. The summed E-state index contributed by atoms with van der Waals surface area (Å²) in [4.78, 5) is 23.1. The van der Waals surface area contributed by atoms with Crippen LogP contribution in [-0.4, -0.2) is 24.1 Å². The van der Waals surface area contributed by atoms with Gasteiger partial charge in [0, 0.05) is 24.3 Å². The van der Waals surface area contributed by atoms with Crippen LogP contribution in [0.1, 0.15) is 26.2 Å². The topological polar surface area (TPSA) is 52.6 Å². The highest BCUT2D eigenvalue weighted by molar-refractivity contribution is 5.91. The van der Waals surface area contributed by atoms with Crippen molar-refractivity contribution in [2.75, 3.05) is 0 Å². The number of ether oxygens (including phenoxy) is 2. The quantitative estimate of drug-likeness (QED) is 0.423. The van der Waals surface area contributed by atoms with Crippen molar-refractivity contribution in [3.8, 4) is 0 Å². The Morgan fingerprint density at radius 1 is 1.29 bits per heavy atom. The fraction of sp³-hybridized carbons (Fsp3) is 0.529. The van der Waals surface area contributed by atoms with Crippen LogP contribution in [0.5, 0.6) is 0 Å². The van der Waals surface area contributed by atoms with E-state index in [9.17, 15) is 9.59 Å². The molecule has 0 bridgehead atoms. The zero-order valence-electron chi connectivity index (χ0n) is 12.3. The molecule has 0 spiro atoms. The number of rotatable bonds is 1. The SMILES string of the molecule is C=C1CCC2C(=C)C(=O)O[C@@H]2C2C(=C)[C@@H](OC(C)=O)CC12. The molecule has 3 rings (SSSR count). The Kier molecular flexibility index (Phi) is 3.27. The van der Waals surface area contributed by atoms with Crippen LogP contribution >= 0.6 is 0 Å². The second-order valence-electron chi connectivity index (χ2n) is 6.24. The van der Waals surface area contributed by atoms with Crippen LogP contribution in [0, 0.1) is 17.8 Å². The van der Waals surface area contributed by atoms with Crippen LogP contribution in [0.2, 0.25) is 0 Å². The van der Waals surface area contributed by atoms with Crippen LogP contribution < -0.4 is 0 Å². The number of carbonyl (C=O) groups excluding carboxylic acids is 2. The first-order chi connectivity index (χ1) is 9.90. The standard InChI is InChI=1S/C17H20O4/c1-8-5-6-12-9(2)17(19)21-16(12)15-10(3)14(7-13(8)15)20-11(4)18/h12-16H,1-3,5-7H2,4H3/t12?,13?,14-,15?,16-/m0/s1. The fourth-order valence-corrected chi connectivity index (χ4v) is 4.01. The molecule has 0 radical (unpaired) electrons. The number of fused-ring (bicyclic) bond motifs is 3. The van der Waals surface area contributed by atoms with E-state index in [4.69, 9.17) is 9.47 Å². The highest BCUT2D eigenvalue weighted by atomic mass is 16.6.